The highest BCUT2D eigenvalue weighted by Gasteiger charge is 2.20. The third-order valence-electron chi connectivity index (χ3n) is 5.07. The molecule has 1 aromatic rings. The van der Waals surface area contributed by atoms with Crippen LogP contribution < -0.4 is 15.4 Å². The Morgan fingerprint density at radius 1 is 1.19 bits per heavy atom. The van der Waals surface area contributed by atoms with Crippen molar-refractivity contribution in [3.05, 3.63) is 29.8 Å². The molecule has 1 saturated heterocycles. The molecule has 1 unspecified atom stereocenters. The minimum absolute atomic E-state index is 0.301. The van der Waals surface area contributed by atoms with E-state index < -0.39 is 0 Å². The fourth-order valence-corrected chi connectivity index (χ4v) is 3.20. The van der Waals surface area contributed by atoms with Gasteiger partial charge in [-0.25, -0.2) is 0 Å². The van der Waals surface area contributed by atoms with Crippen LogP contribution in [0.15, 0.2) is 29.3 Å². The molecular formula is C21H33N3O3. The zero-order valence-electron chi connectivity index (χ0n) is 16.4. The van der Waals surface area contributed by atoms with Crippen LogP contribution in [-0.4, -0.2) is 51.6 Å². The van der Waals surface area contributed by atoms with Crippen molar-refractivity contribution in [3.63, 3.8) is 0 Å². The highest BCUT2D eigenvalue weighted by molar-refractivity contribution is 5.79. The fourth-order valence-electron chi connectivity index (χ4n) is 3.20. The second-order valence-corrected chi connectivity index (χ2v) is 7.19. The molecule has 1 aliphatic carbocycles. The first-order valence-electron chi connectivity index (χ1n) is 10.2. The van der Waals surface area contributed by atoms with Gasteiger partial charge >= 0.3 is 0 Å². The first-order chi connectivity index (χ1) is 13.3. The Balaban J connectivity index is 1.31. The van der Waals surface area contributed by atoms with Gasteiger partial charge in [0.05, 0.1) is 18.8 Å². The monoisotopic (exact) mass is 375 g/mol. The average Bonchev–Trinajstić information content (AvgIpc) is 3.18. The molecule has 3 rings (SSSR count). The Morgan fingerprint density at radius 2 is 2.07 bits per heavy atom. The third-order valence-corrected chi connectivity index (χ3v) is 5.07. The summed E-state index contributed by atoms with van der Waals surface area (Å²) in [5.74, 6) is 1.78. The number of ether oxygens (including phenoxy) is 3. The topological polar surface area (TPSA) is 64.1 Å². The van der Waals surface area contributed by atoms with Crippen molar-refractivity contribution in [2.75, 3.05) is 33.4 Å². The molecule has 0 amide bonds. The van der Waals surface area contributed by atoms with Crippen LogP contribution in [0.3, 0.4) is 0 Å². The molecule has 0 bridgehead atoms. The molecule has 1 aromatic carbocycles. The highest BCUT2D eigenvalue weighted by Crippen LogP contribution is 2.27. The molecule has 27 heavy (non-hydrogen) atoms. The van der Waals surface area contributed by atoms with Crippen molar-refractivity contribution in [2.45, 2.75) is 57.3 Å². The van der Waals surface area contributed by atoms with Gasteiger partial charge in [0, 0.05) is 38.9 Å². The molecule has 150 valence electrons. The van der Waals surface area contributed by atoms with Crippen LogP contribution in [0, 0.1) is 0 Å². The molecular weight excluding hydrogens is 342 g/mol. The summed E-state index contributed by atoms with van der Waals surface area (Å²) in [6, 6.07) is 8.23. The summed E-state index contributed by atoms with van der Waals surface area (Å²) in [6.07, 6.45) is 7.52. The van der Waals surface area contributed by atoms with Crippen molar-refractivity contribution in [3.8, 4) is 5.75 Å². The van der Waals surface area contributed by atoms with Gasteiger partial charge in [0.2, 0.25) is 0 Å². The number of benzene rings is 1. The molecule has 0 aromatic heterocycles. The maximum absolute atomic E-state index is 6.09. The van der Waals surface area contributed by atoms with Crippen molar-refractivity contribution in [2.24, 2.45) is 4.99 Å². The highest BCUT2D eigenvalue weighted by atomic mass is 16.5. The van der Waals surface area contributed by atoms with Crippen molar-refractivity contribution < 1.29 is 14.2 Å². The minimum Gasteiger partial charge on any atom is -0.490 e. The fraction of sp³-hybridized carbons (Fsp3) is 0.667. The van der Waals surface area contributed by atoms with Crippen LogP contribution in [0.25, 0.3) is 0 Å². The Labute approximate surface area is 162 Å². The SMILES string of the molecule is CN=C(NCCCOCC1CCCO1)NCc1ccccc1OC1CCC1. The number of hydrogen-bond donors (Lipinski definition) is 2. The van der Waals surface area contributed by atoms with Crippen molar-refractivity contribution in [1.29, 1.82) is 0 Å². The molecule has 0 spiro atoms. The first-order valence-corrected chi connectivity index (χ1v) is 10.2. The number of para-hydroxylation sites is 1. The van der Waals surface area contributed by atoms with Crippen LogP contribution in [-0.2, 0) is 16.0 Å². The van der Waals surface area contributed by atoms with Gasteiger partial charge in [-0.05, 0) is 44.6 Å². The minimum atomic E-state index is 0.301. The van der Waals surface area contributed by atoms with Gasteiger partial charge in [0.15, 0.2) is 5.96 Å². The lowest BCUT2D eigenvalue weighted by Crippen LogP contribution is -2.37. The molecule has 0 radical (unpaired) electrons. The van der Waals surface area contributed by atoms with Gasteiger partial charge in [-0.2, -0.15) is 0 Å². The Bertz CT molecular complexity index is 584. The smallest absolute Gasteiger partial charge is 0.191 e. The van der Waals surface area contributed by atoms with E-state index >= 15 is 0 Å². The quantitative estimate of drug-likeness (QED) is 0.374. The number of aliphatic imine (C=N–C) groups is 1. The van der Waals surface area contributed by atoms with E-state index in [1.807, 2.05) is 12.1 Å². The van der Waals surface area contributed by atoms with E-state index in [9.17, 15) is 0 Å². The summed E-state index contributed by atoms with van der Waals surface area (Å²) in [7, 11) is 1.79. The number of guanidine groups is 1. The molecule has 2 fully saturated rings. The standard InChI is InChI=1S/C21H33N3O3/c1-22-21(23-12-6-13-25-16-19-10-5-14-26-19)24-15-17-7-2-3-11-20(17)27-18-8-4-9-18/h2-3,7,11,18-19H,4-6,8-10,12-16H2,1H3,(H2,22,23,24). The summed E-state index contributed by atoms with van der Waals surface area (Å²) >= 11 is 0. The van der Waals surface area contributed by atoms with E-state index in [-0.39, 0.29) is 0 Å². The lowest BCUT2D eigenvalue weighted by Gasteiger charge is -2.27. The number of hydrogen-bond acceptors (Lipinski definition) is 4. The van der Waals surface area contributed by atoms with Gasteiger partial charge in [-0.15, -0.1) is 0 Å². The largest absolute Gasteiger partial charge is 0.490 e. The summed E-state index contributed by atoms with van der Waals surface area (Å²) in [5.41, 5.74) is 1.16. The van der Waals surface area contributed by atoms with Gasteiger partial charge in [-0.3, -0.25) is 4.99 Å². The molecule has 1 aliphatic heterocycles. The molecule has 1 atom stereocenters. The Morgan fingerprint density at radius 3 is 2.81 bits per heavy atom. The zero-order chi connectivity index (χ0) is 18.7. The van der Waals surface area contributed by atoms with Crippen LogP contribution in [0.5, 0.6) is 5.75 Å². The summed E-state index contributed by atoms with van der Waals surface area (Å²) in [4.78, 5) is 4.29. The maximum atomic E-state index is 6.09. The summed E-state index contributed by atoms with van der Waals surface area (Å²) < 4.78 is 17.3. The van der Waals surface area contributed by atoms with Gasteiger partial charge in [0.25, 0.3) is 0 Å². The van der Waals surface area contributed by atoms with E-state index in [0.29, 0.717) is 25.4 Å². The Kier molecular flexibility index (Phi) is 8.24. The van der Waals surface area contributed by atoms with Crippen molar-refractivity contribution >= 4 is 5.96 Å². The normalized spacial score (nSPS) is 20.3. The second-order valence-electron chi connectivity index (χ2n) is 7.19. The number of rotatable bonds is 10. The van der Waals surface area contributed by atoms with Crippen LogP contribution >= 0.6 is 0 Å². The van der Waals surface area contributed by atoms with E-state index in [1.54, 1.807) is 7.05 Å². The Hall–Kier alpha value is -1.79. The first kappa shape index (κ1) is 20.0. The summed E-state index contributed by atoms with van der Waals surface area (Å²) in [5, 5.41) is 6.71. The molecule has 1 heterocycles. The van der Waals surface area contributed by atoms with E-state index in [0.717, 1.165) is 56.3 Å². The lowest BCUT2D eigenvalue weighted by atomic mass is 9.96. The molecule has 6 nitrogen and oxygen atoms in total. The number of nitrogens with zero attached hydrogens (tertiary/aromatic N) is 1. The summed E-state index contributed by atoms with van der Waals surface area (Å²) in [6.45, 7) is 3.85. The van der Waals surface area contributed by atoms with Gasteiger partial charge in [-0.1, -0.05) is 18.2 Å². The average molecular weight is 376 g/mol. The van der Waals surface area contributed by atoms with Gasteiger partial charge < -0.3 is 24.8 Å². The second kappa shape index (κ2) is 11.1. The number of nitrogens with one attached hydrogen (secondary N) is 2. The molecule has 2 N–H and O–H groups in total. The third kappa shape index (κ3) is 6.70. The molecule has 2 aliphatic rings. The lowest BCUT2D eigenvalue weighted by molar-refractivity contribution is 0.0168. The predicted octanol–water partition coefficient (Wildman–Crippen LogP) is 2.87. The maximum Gasteiger partial charge on any atom is 0.191 e. The predicted molar refractivity (Wildman–Crippen MR) is 107 cm³/mol. The van der Waals surface area contributed by atoms with E-state index in [4.69, 9.17) is 14.2 Å². The van der Waals surface area contributed by atoms with Crippen LogP contribution in [0.1, 0.15) is 44.1 Å². The van der Waals surface area contributed by atoms with Gasteiger partial charge in [0.1, 0.15) is 5.75 Å². The van der Waals surface area contributed by atoms with E-state index in [1.165, 1.54) is 19.3 Å². The van der Waals surface area contributed by atoms with E-state index in [2.05, 4.69) is 27.8 Å². The zero-order valence-corrected chi connectivity index (χ0v) is 16.4. The molecule has 6 heteroatoms. The van der Waals surface area contributed by atoms with Crippen molar-refractivity contribution in [1.82, 2.24) is 10.6 Å². The molecule has 1 saturated carbocycles. The van der Waals surface area contributed by atoms with Crippen LogP contribution in [0.4, 0.5) is 0 Å². The van der Waals surface area contributed by atoms with Crippen LogP contribution in [0.2, 0.25) is 0 Å².